The van der Waals surface area contributed by atoms with E-state index in [1.54, 1.807) is 6.07 Å². The van der Waals surface area contributed by atoms with Gasteiger partial charge in [-0.05, 0) is 18.6 Å². The first-order valence-electron chi connectivity index (χ1n) is 5.23. The summed E-state index contributed by atoms with van der Waals surface area (Å²) in [5, 5.41) is 3.35. The normalized spacial score (nSPS) is 20.4. The Hall–Kier alpha value is -1.21. The lowest BCUT2D eigenvalue weighted by Crippen LogP contribution is -2.26. The fourth-order valence-electron chi connectivity index (χ4n) is 1.68. The van der Waals surface area contributed by atoms with Gasteiger partial charge in [-0.25, -0.2) is 5.84 Å². The minimum absolute atomic E-state index is 0.224. The first-order valence-corrected chi connectivity index (χ1v) is 6.39. The van der Waals surface area contributed by atoms with E-state index < -0.39 is 0 Å². The third-order valence-electron chi connectivity index (χ3n) is 2.40. The number of thioether (sulfide) groups is 1. The molecule has 1 atom stereocenters. The third-order valence-corrected chi connectivity index (χ3v) is 3.62. The van der Waals surface area contributed by atoms with Crippen molar-refractivity contribution < 1.29 is 0 Å². The quantitative estimate of drug-likeness (QED) is 0.454. The zero-order valence-corrected chi connectivity index (χ0v) is 9.76. The largest absolute Gasteiger partial charge is 0.368 e. The maximum absolute atomic E-state index is 5.58. The van der Waals surface area contributed by atoms with Crippen molar-refractivity contribution in [3.8, 4) is 0 Å². The molecule has 0 spiro atoms. The smallest absolute Gasteiger partial charge is 0.223 e. The van der Waals surface area contributed by atoms with Gasteiger partial charge in [0.15, 0.2) is 0 Å². The fraction of sp³-hybridized carbons (Fsp3) is 0.556. The summed E-state index contributed by atoms with van der Waals surface area (Å²) in [6, 6.07) is 2.22. The molecule has 6 N–H and O–H groups in total. The van der Waals surface area contributed by atoms with E-state index in [4.69, 9.17) is 11.6 Å². The molecule has 0 saturated carbocycles. The summed E-state index contributed by atoms with van der Waals surface area (Å²) in [6.45, 7) is 0. The number of nitrogen functional groups attached to an aromatic ring is 2. The second-order valence-electron chi connectivity index (χ2n) is 3.70. The van der Waals surface area contributed by atoms with Crippen LogP contribution in [0.2, 0.25) is 0 Å². The van der Waals surface area contributed by atoms with Crippen LogP contribution in [0.25, 0.3) is 0 Å². The highest BCUT2D eigenvalue weighted by Gasteiger charge is 2.14. The van der Waals surface area contributed by atoms with Crippen molar-refractivity contribution >= 4 is 29.3 Å². The Morgan fingerprint density at radius 2 is 2.19 bits per heavy atom. The predicted octanol–water partition coefficient (Wildman–Crippen LogP) is 0.652. The number of rotatable bonds is 3. The molecule has 6 nitrogen and oxygen atoms in total. The molecule has 0 aromatic carbocycles. The lowest BCUT2D eigenvalue weighted by atomic mass is 10.2. The molecule has 1 fully saturated rings. The average molecular weight is 240 g/mol. The lowest BCUT2D eigenvalue weighted by Gasteiger charge is -2.23. The molecule has 1 unspecified atom stereocenters. The van der Waals surface area contributed by atoms with E-state index in [0.29, 0.717) is 11.9 Å². The summed E-state index contributed by atoms with van der Waals surface area (Å²) in [5.41, 5.74) is 8.05. The Morgan fingerprint density at radius 1 is 1.38 bits per heavy atom. The number of nitrogens with zero attached hydrogens (tertiary/aromatic N) is 2. The minimum atomic E-state index is 0.224. The van der Waals surface area contributed by atoms with Crippen molar-refractivity contribution in [2.24, 2.45) is 5.84 Å². The molecule has 1 aliphatic heterocycles. The molecule has 2 rings (SSSR count). The summed E-state index contributed by atoms with van der Waals surface area (Å²) in [5.74, 6) is 9.13. The number of hydrazine groups is 1. The number of nitrogens with one attached hydrogen (secondary N) is 2. The van der Waals surface area contributed by atoms with Crippen molar-refractivity contribution in [1.82, 2.24) is 9.97 Å². The Morgan fingerprint density at radius 3 is 2.88 bits per heavy atom. The standard InChI is InChI=1S/C9H16N6S/c10-9-13-7(4-8(14-9)15-11)12-6-2-1-3-16-5-6/h4,6H,1-3,5,11H2,(H4,10,12,13,14,15). The van der Waals surface area contributed by atoms with Crippen LogP contribution in [0.4, 0.5) is 17.6 Å². The molecule has 1 aliphatic rings. The van der Waals surface area contributed by atoms with Gasteiger partial charge < -0.3 is 16.5 Å². The van der Waals surface area contributed by atoms with Gasteiger partial charge >= 0.3 is 0 Å². The SMILES string of the molecule is NNc1cc(NC2CCCSC2)nc(N)n1. The molecule has 0 bridgehead atoms. The maximum atomic E-state index is 5.58. The van der Waals surface area contributed by atoms with Crippen LogP contribution in [0.3, 0.4) is 0 Å². The highest BCUT2D eigenvalue weighted by atomic mass is 32.2. The summed E-state index contributed by atoms with van der Waals surface area (Å²) < 4.78 is 0. The molecule has 0 radical (unpaired) electrons. The van der Waals surface area contributed by atoms with E-state index in [-0.39, 0.29) is 5.95 Å². The van der Waals surface area contributed by atoms with Crippen LogP contribution >= 0.6 is 11.8 Å². The zero-order chi connectivity index (χ0) is 11.4. The highest BCUT2D eigenvalue weighted by molar-refractivity contribution is 7.99. The number of aromatic nitrogens is 2. The molecule has 1 aromatic rings. The molecular weight excluding hydrogens is 224 g/mol. The highest BCUT2D eigenvalue weighted by Crippen LogP contribution is 2.21. The molecule has 1 aromatic heterocycles. The van der Waals surface area contributed by atoms with Crippen LogP contribution in [0.1, 0.15) is 12.8 Å². The topological polar surface area (TPSA) is 102 Å². The third kappa shape index (κ3) is 2.89. The summed E-state index contributed by atoms with van der Waals surface area (Å²) in [6.07, 6.45) is 2.41. The van der Waals surface area contributed by atoms with Gasteiger partial charge in [0.1, 0.15) is 11.6 Å². The predicted molar refractivity (Wildman–Crippen MR) is 68.2 cm³/mol. The molecule has 0 aliphatic carbocycles. The van der Waals surface area contributed by atoms with Gasteiger partial charge in [-0.3, -0.25) is 0 Å². The van der Waals surface area contributed by atoms with E-state index in [9.17, 15) is 0 Å². The van der Waals surface area contributed by atoms with E-state index in [2.05, 4.69) is 20.7 Å². The van der Waals surface area contributed by atoms with Gasteiger partial charge in [-0.15, -0.1) is 0 Å². The molecule has 0 amide bonds. The van der Waals surface area contributed by atoms with Crippen molar-refractivity contribution in [2.75, 3.05) is 28.0 Å². The molecule has 7 heteroatoms. The van der Waals surface area contributed by atoms with Crippen LogP contribution in [0, 0.1) is 0 Å². The number of nitrogens with two attached hydrogens (primary N) is 2. The summed E-state index contributed by atoms with van der Waals surface area (Å²) in [4.78, 5) is 8.06. The van der Waals surface area contributed by atoms with Crippen LogP contribution in [0.5, 0.6) is 0 Å². The van der Waals surface area contributed by atoms with E-state index in [1.165, 1.54) is 18.6 Å². The van der Waals surface area contributed by atoms with E-state index in [1.807, 2.05) is 11.8 Å². The number of hydrogen-bond acceptors (Lipinski definition) is 7. The molecular formula is C9H16N6S. The summed E-state index contributed by atoms with van der Waals surface area (Å²) >= 11 is 1.96. The van der Waals surface area contributed by atoms with Crippen LogP contribution in [-0.2, 0) is 0 Å². The van der Waals surface area contributed by atoms with Gasteiger partial charge in [-0.2, -0.15) is 21.7 Å². The van der Waals surface area contributed by atoms with Gasteiger partial charge in [0.05, 0.1) is 0 Å². The Bertz CT molecular complexity index is 352. The number of anilines is 3. The molecule has 88 valence electrons. The van der Waals surface area contributed by atoms with Crippen LogP contribution in [0.15, 0.2) is 6.07 Å². The van der Waals surface area contributed by atoms with Gasteiger partial charge in [0, 0.05) is 17.9 Å². The first-order chi connectivity index (χ1) is 7.78. The first kappa shape index (κ1) is 11.3. The monoisotopic (exact) mass is 240 g/mol. The second kappa shape index (κ2) is 5.22. The lowest BCUT2D eigenvalue weighted by molar-refractivity contribution is 0.682. The summed E-state index contributed by atoms with van der Waals surface area (Å²) in [7, 11) is 0. The minimum Gasteiger partial charge on any atom is -0.368 e. The van der Waals surface area contributed by atoms with Gasteiger partial charge in [0.2, 0.25) is 5.95 Å². The molecule has 1 saturated heterocycles. The Kier molecular flexibility index (Phi) is 3.68. The average Bonchev–Trinajstić information content (AvgIpc) is 2.29. The zero-order valence-electron chi connectivity index (χ0n) is 8.94. The Balaban J connectivity index is 2.04. The van der Waals surface area contributed by atoms with Crippen molar-refractivity contribution in [1.29, 1.82) is 0 Å². The Labute approximate surface area is 98.6 Å². The van der Waals surface area contributed by atoms with Crippen molar-refractivity contribution in [3.05, 3.63) is 6.07 Å². The van der Waals surface area contributed by atoms with Crippen LogP contribution < -0.4 is 22.3 Å². The second-order valence-corrected chi connectivity index (χ2v) is 4.85. The van der Waals surface area contributed by atoms with Gasteiger partial charge in [-0.1, -0.05) is 0 Å². The van der Waals surface area contributed by atoms with Crippen molar-refractivity contribution in [2.45, 2.75) is 18.9 Å². The maximum Gasteiger partial charge on any atom is 0.223 e. The van der Waals surface area contributed by atoms with Crippen LogP contribution in [-0.4, -0.2) is 27.5 Å². The van der Waals surface area contributed by atoms with E-state index in [0.717, 1.165) is 11.6 Å². The van der Waals surface area contributed by atoms with Crippen molar-refractivity contribution in [3.63, 3.8) is 0 Å². The molecule has 2 heterocycles. The van der Waals surface area contributed by atoms with Gasteiger partial charge in [0.25, 0.3) is 0 Å². The molecule has 16 heavy (non-hydrogen) atoms. The number of hydrogen-bond donors (Lipinski definition) is 4. The van der Waals surface area contributed by atoms with E-state index >= 15 is 0 Å². The fourth-order valence-corrected chi connectivity index (χ4v) is 2.75.